The van der Waals surface area contributed by atoms with Crippen LogP contribution in [0.4, 0.5) is 4.79 Å². The molecule has 1 fully saturated rings. The highest BCUT2D eigenvalue weighted by molar-refractivity contribution is 5.84. The molecule has 0 spiro atoms. The van der Waals surface area contributed by atoms with Crippen molar-refractivity contribution in [2.45, 2.75) is 32.1 Å². The summed E-state index contributed by atoms with van der Waals surface area (Å²) in [6, 6.07) is -0.420. The molecule has 1 aliphatic carbocycles. The molecule has 7 heteroatoms. The van der Waals surface area contributed by atoms with E-state index in [1.807, 2.05) is 0 Å². The highest BCUT2D eigenvalue weighted by Crippen LogP contribution is 2.35. The molecule has 0 radical (unpaired) electrons. The second-order valence-electron chi connectivity index (χ2n) is 5.95. The van der Waals surface area contributed by atoms with E-state index < -0.39 is 17.4 Å². The van der Waals surface area contributed by atoms with Gasteiger partial charge in [0.1, 0.15) is 6.54 Å². The molecular formula is C14H25N3O4. The summed E-state index contributed by atoms with van der Waals surface area (Å²) in [4.78, 5) is 37.7. The van der Waals surface area contributed by atoms with Gasteiger partial charge >= 0.3 is 12.0 Å². The quantitative estimate of drug-likeness (QED) is 0.784. The molecule has 1 saturated carbocycles. The minimum absolute atomic E-state index is 0.0289. The summed E-state index contributed by atoms with van der Waals surface area (Å²) in [5.74, 6) is -1.03. The first-order valence-corrected chi connectivity index (χ1v) is 7.21. The van der Waals surface area contributed by atoms with Crippen LogP contribution in [-0.4, -0.2) is 67.0 Å². The molecule has 0 aliphatic heterocycles. The van der Waals surface area contributed by atoms with Crippen molar-refractivity contribution in [3.8, 4) is 0 Å². The van der Waals surface area contributed by atoms with E-state index in [4.69, 9.17) is 0 Å². The van der Waals surface area contributed by atoms with Gasteiger partial charge in [-0.15, -0.1) is 0 Å². The fourth-order valence-electron chi connectivity index (χ4n) is 2.49. The van der Waals surface area contributed by atoms with Gasteiger partial charge in [0.2, 0.25) is 5.91 Å². The number of nitrogens with zero attached hydrogens (tertiary/aromatic N) is 2. The van der Waals surface area contributed by atoms with Crippen molar-refractivity contribution in [3.63, 3.8) is 0 Å². The number of hydrogen-bond donors (Lipinski definition) is 2. The minimum atomic E-state index is -0.861. The predicted octanol–water partition coefficient (Wildman–Crippen LogP) is 0.751. The number of rotatable bonds is 5. The number of hydrogen-bond acceptors (Lipinski definition) is 3. The maximum absolute atomic E-state index is 12.0. The van der Waals surface area contributed by atoms with Crippen molar-refractivity contribution < 1.29 is 19.5 Å². The van der Waals surface area contributed by atoms with E-state index in [1.165, 1.54) is 16.8 Å². The minimum Gasteiger partial charge on any atom is -0.481 e. The Morgan fingerprint density at radius 2 is 1.67 bits per heavy atom. The molecule has 0 aromatic rings. The third kappa shape index (κ3) is 4.61. The van der Waals surface area contributed by atoms with E-state index in [9.17, 15) is 19.5 Å². The van der Waals surface area contributed by atoms with Gasteiger partial charge in [-0.05, 0) is 12.8 Å². The van der Waals surface area contributed by atoms with E-state index in [-0.39, 0.29) is 19.0 Å². The predicted molar refractivity (Wildman–Crippen MR) is 77.9 cm³/mol. The maximum atomic E-state index is 12.0. The molecule has 0 atom stereocenters. The Morgan fingerprint density at radius 3 is 2.14 bits per heavy atom. The molecule has 0 heterocycles. The highest BCUT2D eigenvalue weighted by atomic mass is 16.4. The van der Waals surface area contributed by atoms with Crippen molar-refractivity contribution in [3.05, 3.63) is 0 Å². The summed E-state index contributed by atoms with van der Waals surface area (Å²) in [6.45, 7) is 0.0839. The van der Waals surface area contributed by atoms with Gasteiger partial charge in [0.05, 0.1) is 5.41 Å². The largest absolute Gasteiger partial charge is 0.481 e. The summed E-state index contributed by atoms with van der Waals surface area (Å²) in [7, 11) is 4.76. The first-order chi connectivity index (χ1) is 9.78. The monoisotopic (exact) mass is 299 g/mol. The van der Waals surface area contributed by atoms with E-state index in [0.29, 0.717) is 12.8 Å². The number of urea groups is 1. The topological polar surface area (TPSA) is 90.0 Å². The molecule has 0 aromatic carbocycles. The van der Waals surface area contributed by atoms with Gasteiger partial charge in [-0.25, -0.2) is 4.79 Å². The molecule has 120 valence electrons. The second kappa shape index (κ2) is 7.28. The van der Waals surface area contributed by atoms with Crippen LogP contribution in [0.15, 0.2) is 0 Å². The van der Waals surface area contributed by atoms with Crippen LogP contribution in [0.5, 0.6) is 0 Å². The number of amides is 3. The molecule has 0 unspecified atom stereocenters. The maximum Gasteiger partial charge on any atom is 0.317 e. The summed E-state index contributed by atoms with van der Waals surface area (Å²) in [6.07, 6.45) is 3.96. The van der Waals surface area contributed by atoms with Crippen LogP contribution in [-0.2, 0) is 9.59 Å². The molecule has 21 heavy (non-hydrogen) atoms. The van der Waals surface area contributed by atoms with Gasteiger partial charge in [0.15, 0.2) is 0 Å². The average Bonchev–Trinajstić information content (AvgIpc) is 2.45. The highest BCUT2D eigenvalue weighted by Gasteiger charge is 2.40. The zero-order valence-electron chi connectivity index (χ0n) is 13.0. The van der Waals surface area contributed by atoms with Crippen LogP contribution in [0.25, 0.3) is 0 Å². The lowest BCUT2D eigenvalue weighted by Gasteiger charge is -2.33. The lowest BCUT2D eigenvalue weighted by Crippen LogP contribution is -2.49. The summed E-state index contributed by atoms with van der Waals surface area (Å²) in [5.41, 5.74) is -0.861. The zero-order chi connectivity index (χ0) is 16.0. The van der Waals surface area contributed by atoms with Crippen LogP contribution >= 0.6 is 0 Å². The Morgan fingerprint density at radius 1 is 1.10 bits per heavy atom. The molecule has 0 bridgehead atoms. The van der Waals surface area contributed by atoms with Crippen molar-refractivity contribution in [2.24, 2.45) is 5.41 Å². The van der Waals surface area contributed by atoms with E-state index >= 15 is 0 Å². The first-order valence-electron chi connectivity index (χ1n) is 7.21. The fourth-order valence-corrected chi connectivity index (χ4v) is 2.49. The lowest BCUT2D eigenvalue weighted by atomic mass is 9.74. The summed E-state index contributed by atoms with van der Waals surface area (Å²) >= 11 is 0. The van der Waals surface area contributed by atoms with Gasteiger partial charge in [0.25, 0.3) is 0 Å². The molecule has 2 N–H and O–H groups in total. The van der Waals surface area contributed by atoms with Crippen molar-refractivity contribution in [1.29, 1.82) is 0 Å². The third-order valence-corrected chi connectivity index (χ3v) is 4.06. The van der Waals surface area contributed by atoms with Crippen molar-refractivity contribution in [2.75, 3.05) is 34.2 Å². The van der Waals surface area contributed by atoms with Crippen molar-refractivity contribution >= 4 is 17.9 Å². The Bertz CT molecular complexity index is 403. The molecule has 3 amide bonds. The number of carbonyl (C=O) groups is 3. The van der Waals surface area contributed by atoms with Crippen LogP contribution in [0.3, 0.4) is 0 Å². The Balaban J connectivity index is 2.53. The standard InChI is InChI=1S/C14H25N3O4/c1-16(2)11(18)9-17(3)13(21)15-10-14(12(19)20)7-5-4-6-8-14/h4-10H2,1-3H3,(H,15,21)(H,19,20). The van der Waals surface area contributed by atoms with Crippen LogP contribution in [0.2, 0.25) is 0 Å². The zero-order valence-corrected chi connectivity index (χ0v) is 13.0. The van der Waals surface area contributed by atoms with Crippen LogP contribution in [0.1, 0.15) is 32.1 Å². The SMILES string of the molecule is CN(C)C(=O)CN(C)C(=O)NCC1(C(=O)O)CCCCC1. The molecular weight excluding hydrogens is 274 g/mol. The number of aliphatic carboxylic acids is 1. The lowest BCUT2D eigenvalue weighted by molar-refractivity contribution is -0.150. The molecule has 0 saturated heterocycles. The normalized spacial score (nSPS) is 16.9. The van der Waals surface area contributed by atoms with E-state index in [1.54, 1.807) is 14.1 Å². The fraction of sp³-hybridized carbons (Fsp3) is 0.786. The molecule has 0 aromatic heterocycles. The summed E-state index contributed by atoms with van der Waals surface area (Å²) < 4.78 is 0. The van der Waals surface area contributed by atoms with Gasteiger partial charge in [0, 0.05) is 27.7 Å². The Hall–Kier alpha value is -1.79. The molecule has 1 aliphatic rings. The number of carboxylic acids is 1. The number of likely N-dealkylation sites (N-methyl/N-ethyl adjacent to an activating group) is 2. The number of nitrogens with one attached hydrogen (secondary N) is 1. The second-order valence-corrected chi connectivity index (χ2v) is 5.95. The van der Waals surface area contributed by atoms with Gasteiger partial charge in [-0.3, -0.25) is 9.59 Å². The Kier molecular flexibility index (Phi) is 5.99. The van der Waals surface area contributed by atoms with Crippen molar-refractivity contribution in [1.82, 2.24) is 15.1 Å². The molecule has 7 nitrogen and oxygen atoms in total. The van der Waals surface area contributed by atoms with E-state index in [2.05, 4.69) is 5.32 Å². The van der Waals surface area contributed by atoms with Crippen LogP contribution < -0.4 is 5.32 Å². The number of carboxylic acid groups (broad SMARTS) is 1. The van der Waals surface area contributed by atoms with Crippen LogP contribution in [0, 0.1) is 5.41 Å². The molecule has 1 rings (SSSR count). The number of carbonyl (C=O) groups excluding carboxylic acids is 2. The Labute approximate surface area is 125 Å². The third-order valence-electron chi connectivity index (χ3n) is 4.06. The van der Waals surface area contributed by atoms with Gasteiger partial charge in [-0.1, -0.05) is 19.3 Å². The van der Waals surface area contributed by atoms with Gasteiger partial charge < -0.3 is 20.2 Å². The van der Waals surface area contributed by atoms with Gasteiger partial charge in [-0.2, -0.15) is 0 Å². The smallest absolute Gasteiger partial charge is 0.317 e. The summed E-state index contributed by atoms with van der Waals surface area (Å²) in [5, 5.41) is 12.1. The van der Waals surface area contributed by atoms with E-state index in [0.717, 1.165) is 19.3 Å². The first kappa shape index (κ1) is 17.3. The average molecular weight is 299 g/mol.